The summed E-state index contributed by atoms with van der Waals surface area (Å²) in [6, 6.07) is 4.70. The molecule has 2 rings (SSSR count). The second kappa shape index (κ2) is 6.74. The lowest BCUT2D eigenvalue weighted by Gasteiger charge is -2.08. The topological polar surface area (TPSA) is 82.2 Å². The quantitative estimate of drug-likeness (QED) is 0.625. The monoisotopic (exact) mass is 290 g/mol. The molecular weight excluding hydrogens is 272 g/mol. The van der Waals surface area contributed by atoms with Crippen molar-refractivity contribution < 1.29 is 9.66 Å². The second-order valence-corrected chi connectivity index (χ2v) is 4.60. The molecule has 0 amide bonds. The third kappa shape index (κ3) is 4.20. The van der Waals surface area contributed by atoms with Crippen molar-refractivity contribution in [3.8, 4) is 5.75 Å². The van der Waals surface area contributed by atoms with E-state index < -0.39 is 4.92 Å². The summed E-state index contributed by atoms with van der Waals surface area (Å²) in [6.07, 6.45) is 4.54. The van der Waals surface area contributed by atoms with Gasteiger partial charge in [-0.25, -0.2) is 0 Å². The number of non-ortho nitro benzene ring substituents is 1. The van der Waals surface area contributed by atoms with Gasteiger partial charge in [0.15, 0.2) is 0 Å². The first-order valence-corrected chi connectivity index (χ1v) is 6.72. The Morgan fingerprint density at radius 3 is 2.86 bits per heavy atom. The Bertz CT molecular complexity index is 624. The summed E-state index contributed by atoms with van der Waals surface area (Å²) in [5.74, 6) is 0.496. The lowest BCUT2D eigenvalue weighted by atomic mass is 10.2. The van der Waals surface area contributed by atoms with E-state index in [0.29, 0.717) is 24.6 Å². The largest absolute Gasteiger partial charge is 0.494 e. The zero-order valence-electron chi connectivity index (χ0n) is 12.1. The minimum atomic E-state index is -0.422. The van der Waals surface area contributed by atoms with Gasteiger partial charge in [-0.15, -0.1) is 0 Å². The maximum Gasteiger partial charge on any atom is 0.275 e. The van der Waals surface area contributed by atoms with Gasteiger partial charge in [0.05, 0.1) is 23.8 Å². The van der Waals surface area contributed by atoms with Crippen molar-refractivity contribution in [1.82, 2.24) is 9.78 Å². The number of hydrogen-bond donors (Lipinski definition) is 1. The highest BCUT2D eigenvalue weighted by molar-refractivity contribution is 5.56. The average Bonchev–Trinajstić information content (AvgIpc) is 2.84. The Balaban J connectivity index is 2.02. The van der Waals surface area contributed by atoms with Crippen LogP contribution in [0.1, 0.15) is 12.5 Å². The molecule has 7 heteroatoms. The molecule has 1 heterocycles. The molecule has 1 aromatic carbocycles. The van der Waals surface area contributed by atoms with Crippen LogP contribution in [0.2, 0.25) is 0 Å². The fourth-order valence-electron chi connectivity index (χ4n) is 1.99. The van der Waals surface area contributed by atoms with E-state index in [1.165, 1.54) is 12.1 Å². The first kappa shape index (κ1) is 14.8. The van der Waals surface area contributed by atoms with Crippen LogP contribution in [0.5, 0.6) is 5.75 Å². The molecule has 1 N–H and O–H groups in total. The highest BCUT2D eigenvalue weighted by atomic mass is 16.6. The van der Waals surface area contributed by atoms with E-state index in [4.69, 9.17) is 4.74 Å². The molecule has 7 nitrogen and oxygen atoms in total. The molecule has 2 aromatic rings. The van der Waals surface area contributed by atoms with E-state index in [2.05, 4.69) is 10.4 Å². The van der Waals surface area contributed by atoms with E-state index in [0.717, 1.165) is 12.0 Å². The van der Waals surface area contributed by atoms with E-state index in [-0.39, 0.29) is 5.69 Å². The Morgan fingerprint density at radius 1 is 1.43 bits per heavy atom. The number of nitro groups is 1. The Labute approximate surface area is 122 Å². The summed E-state index contributed by atoms with van der Waals surface area (Å²) in [6.45, 7) is 2.98. The van der Waals surface area contributed by atoms with Crippen LogP contribution in [-0.4, -0.2) is 27.9 Å². The van der Waals surface area contributed by atoms with Crippen molar-refractivity contribution in [2.24, 2.45) is 7.05 Å². The van der Waals surface area contributed by atoms with Crippen LogP contribution in [0.25, 0.3) is 0 Å². The van der Waals surface area contributed by atoms with Crippen LogP contribution in [0.3, 0.4) is 0 Å². The van der Waals surface area contributed by atoms with E-state index in [9.17, 15) is 10.1 Å². The SMILES string of the molecule is CCOc1cc(NCCc2cnn(C)c2)cc([N+](=O)[O-])c1. The predicted octanol–water partition coefficient (Wildman–Crippen LogP) is 2.38. The van der Waals surface area contributed by atoms with Crippen molar-refractivity contribution in [3.05, 3.63) is 46.3 Å². The van der Waals surface area contributed by atoms with Gasteiger partial charge in [-0.2, -0.15) is 5.10 Å². The lowest BCUT2D eigenvalue weighted by Crippen LogP contribution is -2.05. The summed E-state index contributed by atoms with van der Waals surface area (Å²) in [5, 5.41) is 18.2. The Morgan fingerprint density at radius 2 is 2.24 bits per heavy atom. The van der Waals surface area contributed by atoms with Crippen LogP contribution < -0.4 is 10.1 Å². The number of rotatable bonds is 7. The summed E-state index contributed by atoms with van der Waals surface area (Å²) in [4.78, 5) is 10.5. The molecular formula is C14H18N4O3. The zero-order chi connectivity index (χ0) is 15.2. The van der Waals surface area contributed by atoms with Crippen LogP contribution >= 0.6 is 0 Å². The molecule has 0 aliphatic rings. The van der Waals surface area contributed by atoms with Gasteiger partial charge in [-0.3, -0.25) is 14.8 Å². The Hall–Kier alpha value is -2.57. The fraction of sp³-hybridized carbons (Fsp3) is 0.357. The first-order valence-electron chi connectivity index (χ1n) is 6.72. The van der Waals surface area contributed by atoms with Gasteiger partial charge in [0.2, 0.25) is 0 Å². The molecule has 0 radical (unpaired) electrons. The molecule has 0 fully saturated rings. The summed E-state index contributed by atoms with van der Waals surface area (Å²) < 4.78 is 7.09. The number of hydrogen-bond acceptors (Lipinski definition) is 5. The highest BCUT2D eigenvalue weighted by Gasteiger charge is 2.10. The van der Waals surface area contributed by atoms with E-state index in [1.807, 2.05) is 20.2 Å². The fourth-order valence-corrected chi connectivity index (χ4v) is 1.99. The maximum absolute atomic E-state index is 10.9. The van der Waals surface area contributed by atoms with Gasteiger partial charge >= 0.3 is 0 Å². The van der Waals surface area contributed by atoms with Crippen LogP contribution in [0.4, 0.5) is 11.4 Å². The second-order valence-electron chi connectivity index (χ2n) is 4.60. The van der Waals surface area contributed by atoms with Crippen LogP contribution in [-0.2, 0) is 13.5 Å². The van der Waals surface area contributed by atoms with Crippen LogP contribution in [0, 0.1) is 10.1 Å². The molecule has 0 unspecified atom stereocenters. The van der Waals surface area contributed by atoms with E-state index >= 15 is 0 Å². The summed E-state index contributed by atoms with van der Waals surface area (Å²) in [7, 11) is 1.87. The number of nitro benzene ring substituents is 1. The standard InChI is InChI=1S/C14H18N4O3/c1-3-21-14-7-12(6-13(8-14)18(19)20)15-5-4-11-9-16-17(2)10-11/h6-10,15H,3-5H2,1-2H3. The number of aryl methyl sites for hydroxylation is 1. The maximum atomic E-state index is 10.9. The molecule has 0 saturated carbocycles. The molecule has 0 spiro atoms. The molecule has 112 valence electrons. The minimum absolute atomic E-state index is 0.0184. The zero-order valence-corrected chi connectivity index (χ0v) is 12.1. The summed E-state index contributed by atoms with van der Waals surface area (Å²) in [5.41, 5.74) is 1.81. The molecule has 0 saturated heterocycles. The molecule has 0 atom stereocenters. The third-order valence-corrected chi connectivity index (χ3v) is 2.91. The minimum Gasteiger partial charge on any atom is -0.494 e. The normalized spacial score (nSPS) is 10.4. The highest BCUT2D eigenvalue weighted by Crippen LogP contribution is 2.26. The number of aromatic nitrogens is 2. The Kier molecular flexibility index (Phi) is 4.76. The smallest absolute Gasteiger partial charge is 0.275 e. The van der Waals surface area contributed by atoms with Crippen molar-refractivity contribution in [2.75, 3.05) is 18.5 Å². The average molecular weight is 290 g/mol. The van der Waals surface area contributed by atoms with Gasteiger partial charge in [0.25, 0.3) is 5.69 Å². The number of ether oxygens (including phenoxy) is 1. The van der Waals surface area contributed by atoms with Gasteiger partial charge in [0.1, 0.15) is 5.75 Å². The van der Waals surface area contributed by atoms with Crippen molar-refractivity contribution in [2.45, 2.75) is 13.3 Å². The third-order valence-electron chi connectivity index (χ3n) is 2.91. The van der Waals surface area contributed by atoms with Gasteiger partial charge in [-0.05, 0) is 18.9 Å². The summed E-state index contributed by atoms with van der Waals surface area (Å²) >= 11 is 0. The van der Waals surface area contributed by atoms with Crippen molar-refractivity contribution >= 4 is 11.4 Å². The molecule has 21 heavy (non-hydrogen) atoms. The van der Waals surface area contributed by atoms with Gasteiger partial charge < -0.3 is 10.1 Å². The van der Waals surface area contributed by atoms with Crippen molar-refractivity contribution in [1.29, 1.82) is 0 Å². The van der Waals surface area contributed by atoms with E-state index in [1.54, 1.807) is 16.9 Å². The molecule has 0 aliphatic carbocycles. The molecule has 0 bridgehead atoms. The van der Waals surface area contributed by atoms with Crippen LogP contribution in [0.15, 0.2) is 30.6 Å². The number of benzene rings is 1. The number of anilines is 1. The lowest BCUT2D eigenvalue weighted by molar-refractivity contribution is -0.384. The number of nitrogens with one attached hydrogen (secondary N) is 1. The van der Waals surface area contributed by atoms with Gasteiger partial charge in [0, 0.05) is 37.6 Å². The molecule has 0 aliphatic heterocycles. The molecule has 1 aromatic heterocycles. The number of nitrogens with zero attached hydrogens (tertiary/aromatic N) is 3. The predicted molar refractivity (Wildman–Crippen MR) is 79.7 cm³/mol. The van der Waals surface area contributed by atoms with Gasteiger partial charge in [-0.1, -0.05) is 0 Å². The van der Waals surface area contributed by atoms with Crippen molar-refractivity contribution in [3.63, 3.8) is 0 Å². The first-order chi connectivity index (χ1) is 10.1.